The molecule has 1 aliphatic rings. The highest BCUT2D eigenvalue weighted by atomic mass is 16.3. The van der Waals surface area contributed by atoms with E-state index in [0.717, 1.165) is 11.3 Å². The number of aryl methyl sites for hydroxylation is 1. The fraction of sp³-hybridized carbons (Fsp3) is 0.556. The number of benzene rings is 1. The number of furan rings is 1. The molecule has 2 aromatic rings. The van der Waals surface area contributed by atoms with E-state index in [1.54, 1.807) is 0 Å². The van der Waals surface area contributed by atoms with Gasteiger partial charge in [-0.1, -0.05) is 32.0 Å². The van der Waals surface area contributed by atoms with Crippen molar-refractivity contribution in [3.8, 4) is 0 Å². The molecule has 1 fully saturated rings. The van der Waals surface area contributed by atoms with E-state index in [1.165, 1.54) is 30.2 Å². The third-order valence-electron chi connectivity index (χ3n) is 4.73. The van der Waals surface area contributed by atoms with Gasteiger partial charge in [-0.25, -0.2) is 0 Å². The maximum absolute atomic E-state index is 6.06. The van der Waals surface area contributed by atoms with Gasteiger partial charge >= 0.3 is 0 Å². The SMILES string of the molecule is Cc1c(C(C)NC2CCC(C)(C)C2)oc2ccccc12. The van der Waals surface area contributed by atoms with Crippen molar-refractivity contribution in [1.82, 2.24) is 5.32 Å². The summed E-state index contributed by atoms with van der Waals surface area (Å²) in [5, 5.41) is 5.00. The van der Waals surface area contributed by atoms with E-state index in [1.807, 2.05) is 6.07 Å². The molecule has 1 aliphatic carbocycles. The molecule has 3 rings (SSSR count). The van der Waals surface area contributed by atoms with Crippen LogP contribution in [0.1, 0.15) is 57.4 Å². The van der Waals surface area contributed by atoms with Crippen molar-refractivity contribution in [3.63, 3.8) is 0 Å². The molecular formula is C18H25NO. The van der Waals surface area contributed by atoms with E-state index < -0.39 is 0 Å². The summed E-state index contributed by atoms with van der Waals surface area (Å²) >= 11 is 0. The largest absolute Gasteiger partial charge is 0.459 e. The van der Waals surface area contributed by atoms with Gasteiger partial charge in [0.05, 0.1) is 6.04 Å². The molecule has 0 spiro atoms. The van der Waals surface area contributed by atoms with Crippen molar-refractivity contribution in [2.24, 2.45) is 5.41 Å². The lowest BCUT2D eigenvalue weighted by Crippen LogP contribution is -2.30. The molecule has 0 amide bonds. The van der Waals surface area contributed by atoms with Gasteiger partial charge in [-0.2, -0.15) is 0 Å². The predicted molar refractivity (Wildman–Crippen MR) is 83.9 cm³/mol. The Hall–Kier alpha value is -1.28. The second kappa shape index (κ2) is 4.92. The first-order chi connectivity index (χ1) is 9.46. The van der Waals surface area contributed by atoms with Crippen LogP contribution in [0.4, 0.5) is 0 Å². The summed E-state index contributed by atoms with van der Waals surface area (Å²) in [6.07, 6.45) is 3.85. The molecule has 0 aliphatic heterocycles. The summed E-state index contributed by atoms with van der Waals surface area (Å²) in [5.74, 6) is 1.09. The van der Waals surface area contributed by atoms with Crippen LogP contribution < -0.4 is 5.32 Å². The lowest BCUT2D eigenvalue weighted by molar-refractivity contribution is 0.345. The summed E-state index contributed by atoms with van der Waals surface area (Å²) < 4.78 is 6.06. The molecule has 0 bridgehead atoms. The Morgan fingerprint density at radius 1 is 1.30 bits per heavy atom. The third-order valence-corrected chi connectivity index (χ3v) is 4.73. The van der Waals surface area contributed by atoms with Gasteiger partial charge in [-0.15, -0.1) is 0 Å². The first kappa shape index (κ1) is 13.7. The van der Waals surface area contributed by atoms with E-state index in [0.29, 0.717) is 11.5 Å². The van der Waals surface area contributed by atoms with Gasteiger partial charge in [0.2, 0.25) is 0 Å². The second-order valence-electron chi connectivity index (χ2n) is 7.08. The molecule has 0 saturated heterocycles. The molecule has 1 aromatic heterocycles. The number of rotatable bonds is 3. The number of hydrogen-bond donors (Lipinski definition) is 1. The molecule has 1 heterocycles. The molecule has 0 radical (unpaired) electrons. The highest BCUT2D eigenvalue weighted by Crippen LogP contribution is 2.38. The van der Waals surface area contributed by atoms with Crippen LogP contribution in [0.15, 0.2) is 28.7 Å². The number of nitrogens with one attached hydrogen (secondary N) is 1. The molecule has 2 nitrogen and oxygen atoms in total. The normalized spacial score (nSPS) is 23.3. The predicted octanol–water partition coefficient (Wildman–Crippen LogP) is 4.97. The van der Waals surface area contributed by atoms with Gasteiger partial charge in [0, 0.05) is 11.4 Å². The van der Waals surface area contributed by atoms with Crippen molar-refractivity contribution < 1.29 is 4.42 Å². The van der Waals surface area contributed by atoms with Gasteiger partial charge in [0.25, 0.3) is 0 Å². The van der Waals surface area contributed by atoms with Crippen LogP contribution in [0.5, 0.6) is 0 Å². The van der Waals surface area contributed by atoms with Crippen LogP contribution in [-0.2, 0) is 0 Å². The molecule has 1 saturated carbocycles. The minimum Gasteiger partial charge on any atom is -0.459 e. The molecule has 2 atom stereocenters. The molecule has 2 unspecified atom stereocenters. The molecule has 2 heteroatoms. The Morgan fingerprint density at radius 2 is 2.05 bits per heavy atom. The highest BCUT2D eigenvalue weighted by molar-refractivity contribution is 5.82. The van der Waals surface area contributed by atoms with Crippen molar-refractivity contribution in [2.75, 3.05) is 0 Å². The number of hydrogen-bond acceptors (Lipinski definition) is 2. The van der Waals surface area contributed by atoms with Crippen LogP contribution in [-0.4, -0.2) is 6.04 Å². The zero-order valence-corrected chi connectivity index (χ0v) is 13.0. The standard InChI is InChI=1S/C18H25NO/c1-12-15-7-5-6-8-16(15)20-17(12)13(2)19-14-9-10-18(3,4)11-14/h5-8,13-14,19H,9-11H2,1-4H3. The maximum atomic E-state index is 6.06. The summed E-state index contributed by atoms with van der Waals surface area (Å²) in [4.78, 5) is 0. The van der Waals surface area contributed by atoms with Gasteiger partial charge in [0.1, 0.15) is 11.3 Å². The fourth-order valence-electron chi connectivity index (χ4n) is 3.61. The van der Waals surface area contributed by atoms with E-state index in [4.69, 9.17) is 4.42 Å². The Labute approximate surface area is 121 Å². The van der Waals surface area contributed by atoms with Crippen LogP contribution in [0.25, 0.3) is 11.0 Å². The van der Waals surface area contributed by atoms with Gasteiger partial charge in [0.15, 0.2) is 0 Å². The quantitative estimate of drug-likeness (QED) is 0.852. The van der Waals surface area contributed by atoms with Crippen LogP contribution in [0.2, 0.25) is 0 Å². The molecular weight excluding hydrogens is 246 g/mol. The van der Waals surface area contributed by atoms with Gasteiger partial charge in [-0.05, 0) is 50.2 Å². The monoisotopic (exact) mass is 271 g/mol. The lowest BCUT2D eigenvalue weighted by Gasteiger charge is -2.21. The van der Waals surface area contributed by atoms with E-state index in [2.05, 4.69) is 51.2 Å². The number of fused-ring (bicyclic) bond motifs is 1. The van der Waals surface area contributed by atoms with Crippen LogP contribution in [0, 0.1) is 12.3 Å². The first-order valence-electron chi connectivity index (χ1n) is 7.70. The van der Waals surface area contributed by atoms with Crippen LogP contribution >= 0.6 is 0 Å². The van der Waals surface area contributed by atoms with E-state index >= 15 is 0 Å². The minimum absolute atomic E-state index is 0.279. The lowest BCUT2D eigenvalue weighted by atomic mass is 9.92. The van der Waals surface area contributed by atoms with Crippen molar-refractivity contribution >= 4 is 11.0 Å². The molecule has 1 N–H and O–H groups in total. The van der Waals surface area contributed by atoms with Crippen molar-refractivity contribution in [1.29, 1.82) is 0 Å². The van der Waals surface area contributed by atoms with E-state index in [9.17, 15) is 0 Å². The molecule has 20 heavy (non-hydrogen) atoms. The zero-order valence-electron chi connectivity index (χ0n) is 13.0. The maximum Gasteiger partial charge on any atom is 0.134 e. The van der Waals surface area contributed by atoms with Gasteiger partial charge < -0.3 is 9.73 Å². The summed E-state index contributed by atoms with van der Waals surface area (Å²) in [7, 11) is 0. The Bertz CT molecular complexity index is 611. The number of para-hydroxylation sites is 1. The topological polar surface area (TPSA) is 25.2 Å². The van der Waals surface area contributed by atoms with Crippen LogP contribution in [0.3, 0.4) is 0 Å². The summed E-state index contributed by atoms with van der Waals surface area (Å²) in [6.45, 7) is 9.12. The fourth-order valence-corrected chi connectivity index (χ4v) is 3.61. The average Bonchev–Trinajstić information content (AvgIpc) is 2.91. The second-order valence-corrected chi connectivity index (χ2v) is 7.08. The zero-order chi connectivity index (χ0) is 14.3. The smallest absolute Gasteiger partial charge is 0.134 e. The summed E-state index contributed by atoms with van der Waals surface area (Å²) in [5.41, 5.74) is 2.76. The van der Waals surface area contributed by atoms with Gasteiger partial charge in [-0.3, -0.25) is 0 Å². The van der Waals surface area contributed by atoms with E-state index in [-0.39, 0.29) is 6.04 Å². The first-order valence-corrected chi connectivity index (χ1v) is 7.70. The Kier molecular flexibility index (Phi) is 3.37. The summed E-state index contributed by atoms with van der Waals surface area (Å²) in [6, 6.07) is 9.20. The average molecular weight is 271 g/mol. The Morgan fingerprint density at radius 3 is 2.70 bits per heavy atom. The molecule has 108 valence electrons. The van der Waals surface area contributed by atoms with Crippen molar-refractivity contribution in [3.05, 3.63) is 35.6 Å². The third kappa shape index (κ3) is 2.49. The van der Waals surface area contributed by atoms with Crippen molar-refractivity contribution in [2.45, 2.75) is 59.0 Å². The Balaban J connectivity index is 1.79. The highest BCUT2D eigenvalue weighted by Gasteiger charge is 2.32. The minimum atomic E-state index is 0.279. The molecule has 1 aromatic carbocycles.